The van der Waals surface area contributed by atoms with E-state index in [1.165, 1.54) is 0 Å². The Labute approximate surface area is 165 Å². The summed E-state index contributed by atoms with van der Waals surface area (Å²) in [6, 6.07) is 16.1. The van der Waals surface area contributed by atoms with E-state index in [4.69, 9.17) is 0 Å². The molecule has 0 aliphatic heterocycles. The van der Waals surface area contributed by atoms with Crippen LogP contribution in [0.2, 0.25) is 0 Å². The summed E-state index contributed by atoms with van der Waals surface area (Å²) in [5.41, 5.74) is 2.38. The molecule has 0 aliphatic rings. The maximum Gasteiger partial charge on any atom is 0.251 e. The monoisotopic (exact) mass is 385 g/mol. The number of carbonyl (C=O) groups excluding carboxylic acids is 2. The molecule has 0 fully saturated rings. The Morgan fingerprint density at radius 3 is 2.56 bits per heavy atom. The fourth-order valence-electron chi connectivity index (χ4n) is 2.59. The minimum atomic E-state index is -0.581. The number of amides is 2. The van der Waals surface area contributed by atoms with Crippen LogP contribution in [0.3, 0.4) is 0 Å². The molecule has 2 amide bonds. The number of rotatable bonds is 10. The molecule has 0 radical (unpaired) electrons. The van der Waals surface area contributed by atoms with Crippen LogP contribution in [0.1, 0.15) is 29.3 Å². The van der Waals surface area contributed by atoms with E-state index in [2.05, 4.69) is 22.9 Å². The lowest BCUT2D eigenvalue weighted by molar-refractivity contribution is -0.118. The van der Waals surface area contributed by atoms with Crippen LogP contribution in [-0.4, -0.2) is 36.4 Å². The van der Waals surface area contributed by atoms with Crippen molar-refractivity contribution in [1.82, 2.24) is 10.6 Å². The van der Waals surface area contributed by atoms with Gasteiger partial charge >= 0.3 is 0 Å². The average Bonchev–Trinajstić information content (AvgIpc) is 2.70. The first-order chi connectivity index (χ1) is 13.1. The fourth-order valence-corrected chi connectivity index (χ4v) is 3.06. The molecule has 0 saturated carbocycles. The molecule has 1 unspecified atom stereocenters. The van der Waals surface area contributed by atoms with Crippen LogP contribution < -0.4 is 16.0 Å². The quantitative estimate of drug-likeness (QED) is 0.587. The van der Waals surface area contributed by atoms with E-state index in [1.807, 2.05) is 48.7 Å². The first kappa shape index (κ1) is 21.0. The number of hydrogen-bond acceptors (Lipinski definition) is 4. The summed E-state index contributed by atoms with van der Waals surface area (Å²) in [7, 11) is 0. The van der Waals surface area contributed by atoms with Gasteiger partial charge in [0.05, 0.1) is 0 Å². The van der Waals surface area contributed by atoms with E-state index in [1.54, 1.807) is 23.9 Å². The minimum absolute atomic E-state index is 0.200. The van der Waals surface area contributed by atoms with Crippen molar-refractivity contribution < 1.29 is 9.59 Å². The molecule has 3 N–H and O–H groups in total. The summed E-state index contributed by atoms with van der Waals surface area (Å²) >= 11 is 1.65. The van der Waals surface area contributed by atoms with Gasteiger partial charge < -0.3 is 16.0 Å². The van der Waals surface area contributed by atoms with Crippen LogP contribution in [0.15, 0.2) is 54.6 Å². The zero-order valence-electron chi connectivity index (χ0n) is 15.8. The summed E-state index contributed by atoms with van der Waals surface area (Å²) in [5, 5.41) is 9.06. The van der Waals surface area contributed by atoms with Crippen molar-refractivity contribution in [1.29, 1.82) is 0 Å². The van der Waals surface area contributed by atoms with Gasteiger partial charge in [-0.05, 0) is 54.8 Å². The van der Waals surface area contributed by atoms with Crippen LogP contribution in [0.5, 0.6) is 0 Å². The summed E-state index contributed by atoms with van der Waals surface area (Å²) < 4.78 is 0. The molecule has 5 nitrogen and oxygen atoms in total. The lowest BCUT2D eigenvalue weighted by Gasteiger charge is -2.18. The standard InChI is InChI=1S/C21H27N3O2S/c1-3-22-15-16-8-7-11-18(14-16)23-21(26)19(12-13-27-2)24-20(25)17-9-5-4-6-10-17/h4-11,14,19,22H,3,12-13,15H2,1-2H3,(H,23,26)(H,24,25). The zero-order valence-corrected chi connectivity index (χ0v) is 16.6. The van der Waals surface area contributed by atoms with Crippen LogP contribution in [0.25, 0.3) is 0 Å². The molecular formula is C21H27N3O2S. The molecule has 0 aliphatic carbocycles. The minimum Gasteiger partial charge on any atom is -0.340 e. The summed E-state index contributed by atoms with van der Waals surface area (Å²) in [6.07, 6.45) is 2.56. The second-order valence-electron chi connectivity index (χ2n) is 6.14. The molecule has 2 aromatic rings. The van der Waals surface area contributed by atoms with Gasteiger partial charge in [-0.25, -0.2) is 0 Å². The molecule has 0 bridgehead atoms. The second-order valence-corrected chi connectivity index (χ2v) is 7.13. The Morgan fingerprint density at radius 1 is 1.07 bits per heavy atom. The summed E-state index contributed by atoms with van der Waals surface area (Å²) in [4.78, 5) is 25.2. The fraction of sp³-hybridized carbons (Fsp3) is 0.333. The van der Waals surface area contributed by atoms with Gasteiger partial charge in [0.1, 0.15) is 6.04 Å². The van der Waals surface area contributed by atoms with Crippen molar-refractivity contribution in [3.05, 3.63) is 65.7 Å². The van der Waals surface area contributed by atoms with E-state index in [0.717, 1.165) is 30.1 Å². The Hall–Kier alpha value is -2.31. The highest BCUT2D eigenvalue weighted by molar-refractivity contribution is 7.98. The third kappa shape index (κ3) is 7.07. The van der Waals surface area contributed by atoms with Crippen LogP contribution in [-0.2, 0) is 11.3 Å². The summed E-state index contributed by atoms with van der Waals surface area (Å²) in [5.74, 6) is 0.347. The van der Waals surface area contributed by atoms with E-state index in [-0.39, 0.29) is 11.8 Å². The molecule has 27 heavy (non-hydrogen) atoms. The van der Waals surface area contributed by atoms with Gasteiger partial charge in [0, 0.05) is 17.8 Å². The molecule has 144 valence electrons. The van der Waals surface area contributed by atoms with Crippen LogP contribution in [0, 0.1) is 0 Å². The molecule has 0 saturated heterocycles. The highest BCUT2D eigenvalue weighted by atomic mass is 32.2. The van der Waals surface area contributed by atoms with Gasteiger partial charge in [0.15, 0.2) is 0 Å². The molecule has 2 aromatic carbocycles. The molecule has 0 heterocycles. The van der Waals surface area contributed by atoms with Gasteiger partial charge in [-0.1, -0.05) is 37.3 Å². The van der Waals surface area contributed by atoms with E-state index in [0.29, 0.717) is 12.0 Å². The van der Waals surface area contributed by atoms with Gasteiger partial charge in [-0.15, -0.1) is 0 Å². The van der Waals surface area contributed by atoms with Crippen molar-refractivity contribution in [2.24, 2.45) is 0 Å². The number of carbonyl (C=O) groups is 2. The maximum absolute atomic E-state index is 12.8. The van der Waals surface area contributed by atoms with E-state index in [9.17, 15) is 9.59 Å². The third-order valence-corrected chi connectivity index (χ3v) is 4.69. The predicted molar refractivity (Wildman–Crippen MR) is 113 cm³/mol. The first-order valence-electron chi connectivity index (χ1n) is 9.09. The number of anilines is 1. The molecule has 0 spiro atoms. The Morgan fingerprint density at radius 2 is 1.85 bits per heavy atom. The van der Waals surface area contributed by atoms with Gasteiger partial charge in [-0.2, -0.15) is 11.8 Å². The van der Waals surface area contributed by atoms with Gasteiger partial charge in [0.25, 0.3) is 5.91 Å². The largest absolute Gasteiger partial charge is 0.340 e. The number of nitrogens with one attached hydrogen (secondary N) is 3. The first-order valence-corrected chi connectivity index (χ1v) is 10.5. The zero-order chi connectivity index (χ0) is 19.5. The Bertz CT molecular complexity index is 737. The SMILES string of the molecule is CCNCc1cccc(NC(=O)C(CCSC)NC(=O)c2ccccc2)c1. The average molecular weight is 386 g/mol. The van der Waals surface area contributed by atoms with Crippen molar-refractivity contribution in [2.75, 3.05) is 23.9 Å². The van der Waals surface area contributed by atoms with E-state index >= 15 is 0 Å². The lowest BCUT2D eigenvalue weighted by Crippen LogP contribution is -2.44. The predicted octanol–water partition coefficient (Wildman–Crippen LogP) is 3.29. The van der Waals surface area contributed by atoms with Crippen LogP contribution >= 0.6 is 11.8 Å². The molecular weight excluding hydrogens is 358 g/mol. The maximum atomic E-state index is 12.8. The molecule has 2 rings (SSSR count). The highest BCUT2D eigenvalue weighted by Crippen LogP contribution is 2.12. The van der Waals surface area contributed by atoms with Crippen molar-refractivity contribution in [2.45, 2.75) is 25.9 Å². The van der Waals surface area contributed by atoms with Crippen molar-refractivity contribution >= 4 is 29.3 Å². The second kappa shape index (κ2) is 11.4. The number of benzene rings is 2. The summed E-state index contributed by atoms with van der Waals surface area (Å²) in [6.45, 7) is 3.69. The number of thioether (sulfide) groups is 1. The smallest absolute Gasteiger partial charge is 0.251 e. The lowest BCUT2D eigenvalue weighted by atomic mass is 10.1. The van der Waals surface area contributed by atoms with Crippen molar-refractivity contribution in [3.63, 3.8) is 0 Å². The van der Waals surface area contributed by atoms with Gasteiger partial charge in [-0.3, -0.25) is 9.59 Å². The Kier molecular flexibility index (Phi) is 8.87. The Balaban J connectivity index is 2.04. The molecule has 1 atom stereocenters. The van der Waals surface area contributed by atoms with E-state index < -0.39 is 6.04 Å². The molecule has 6 heteroatoms. The molecule has 0 aromatic heterocycles. The highest BCUT2D eigenvalue weighted by Gasteiger charge is 2.21. The van der Waals surface area contributed by atoms with Gasteiger partial charge in [0.2, 0.25) is 5.91 Å². The topological polar surface area (TPSA) is 70.2 Å². The normalized spacial score (nSPS) is 11.6. The van der Waals surface area contributed by atoms with Crippen LogP contribution in [0.4, 0.5) is 5.69 Å². The van der Waals surface area contributed by atoms with Crippen molar-refractivity contribution in [3.8, 4) is 0 Å². The number of hydrogen-bond donors (Lipinski definition) is 3. The third-order valence-electron chi connectivity index (χ3n) is 4.04.